The molecule has 0 aliphatic heterocycles. The highest BCUT2D eigenvalue weighted by Gasteiger charge is 2.16. The Balaban J connectivity index is 2.47. The number of carboxylic acid groups (broad SMARTS) is 1. The van der Waals surface area contributed by atoms with Gasteiger partial charge >= 0.3 is 5.97 Å². The summed E-state index contributed by atoms with van der Waals surface area (Å²) in [4.78, 5) is 19.2. The van der Waals surface area contributed by atoms with Gasteiger partial charge in [0.2, 0.25) is 0 Å². The zero-order valence-corrected chi connectivity index (χ0v) is 9.21. The van der Waals surface area contributed by atoms with Crippen LogP contribution in [0, 0.1) is 6.92 Å². The lowest BCUT2D eigenvalue weighted by Gasteiger charge is -2.08. The third-order valence-corrected chi connectivity index (χ3v) is 2.47. The van der Waals surface area contributed by atoms with E-state index in [9.17, 15) is 4.79 Å². The Bertz CT molecular complexity index is 533. The van der Waals surface area contributed by atoms with Gasteiger partial charge in [0.05, 0.1) is 17.8 Å². The quantitative estimate of drug-likeness (QED) is 0.851. The molecule has 2 heterocycles. The molecule has 2 aromatic rings. The molecule has 0 amide bonds. The Morgan fingerprint density at radius 2 is 2.38 bits per heavy atom. The molecule has 1 N–H and O–H groups in total. The van der Waals surface area contributed by atoms with Crippen molar-refractivity contribution >= 4 is 11.6 Å². The fourth-order valence-corrected chi connectivity index (χ4v) is 1.77. The number of imidazole rings is 1. The fraction of sp³-hybridized carbons (Fsp3) is 0.364. The Labute approximate surface area is 92.8 Å². The minimum absolute atomic E-state index is 0.0680. The lowest BCUT2D eigenvalue weighted by atomic mass is 10.0. The van der Waals surface area contributed by atoms with Gasteiger partial charge < -0.3 is 9.51 Å². The van der Waals surface area contributed by atoms with Gasteiger partial charge in [-0.1, -0.05) is 6.92 Å². The second-order valence-corrected chi connectivity index (χ2v) is 3.92. The van der Waals surface area contributed by atoms with Crippen LogP contribution in [0.5, 0.6) is 0 Å². The van der Waals surface area contributed by atoms with Gasteiger partial charge in [0.25, 0.3) is 0 Å². The van der Waals surface area contributed by atoms with Crippen molar-refractivity contribution in [1.82, 2.24) is 14.4 Å². The van der Waals surface area contributed by atoms with Crippen LogP contribution in [0.15, 0.2) is 18.6 Å². The molecule has 0 aliphatic carbocycles. The van der Waals surface area contributed by atoms with E-state index >= 15 is 0 Å². The summed E-state index contributed by atoms with van der Waals surface area (Å²) < 4.78 is 1.87. The molecule has 0 saturated heterocycles. The van der Waals surface area contributed by atoms with Gasteiger partial charge in [-0.05, 0) is 6.92 Å². The SMILES string of the molecule is Cc1cn2ccnc(C(C)CC(=O)O)c2n1. The first-order valence-electron chi connectivity index (χ1n) is 5.10. The summed E-state index contributed by atoms with van der Waals surface area (Å²) in [5.41, 5.74) is 2.38. The molecule has 0 aliphatic rings. The van der Waals surface area contributed by atoms with Crippen LogP contribution in [0.2, 0.25) is 0 Å². The maximum Gasteiger partial charge on any atom is 0.304 e. The van der Waals surface area contributed by atoms with E-state index in [1.165, 1.54) is 0 Å². The van der Waals surface area contributed by atoms with Gasteiger partial charge in [-0.3, -0.25) is 9.78 Å². The van der Waals surface area contributed by atoms with Crippen molar-refractivity contribution in [3.05, 3.63) is 30.0 Å². The number of aromatic nitrogens is 3. The van der Waals surface area contributed by atoms with Crippen molar-refractivity contribution in [3.8, 4) is 0 Å². The lowest BCUT2D eigenvalue weighted by molar-refractivity contribution is -0.137. The van der Waals surface area contributed by atoms with Crippen molar-refractivity contribution in [1.29, 1.82) is 0 Å². The van der Waals surface area contributed by atoms with E-state index in [1.807, 2.05) is 30.6 Å². The van der Waals surface area contributed by atoms with Crippen LogP contribution in [-0.2, 0) is 4.79 Å². The van der Waals surface area contributed by atoms with E-state index in [2.05, 4.69) is 9.97 Å². The van der Waals surface area contributed by atoms with E-state index in [0.717, 1.165) is 17.0 Å². The number of nitrogens with zero attached hydrogens (tertiary/aromatic N) is 3. The van der Waals surface area contributed by atoms with Crippen LogP contribution in [0.25, 0.3) is 5.65 Å². The smallest absolute Gasteiger partial charge is 0.304 e. The molecular formula is C11H13N3O2. The number of carbonyl (C=O) groups is 1. The Morgan fingerprint density at radius 1 is 1.62 bits per heavy atom. The molecule has 1 atom stereocenters. The van der Waals surface area contributed by atoms with E-state index in [-0.39, 0.29) is 12.3 Å². The molecule has 0 aromatic carbocycles. The molecule has 2 rings (SSSR count). The summed E-state index contributed by atoms with van der Waals surface area (Å²) in [5, 5.41) is 8.77. The predicted molar refractivity (Wildman–Crippen MR) is 58.4 cm³/mol. The minimum atomic E-state index is -0.820. The summed E-state index contributed by atoms with van der Waals surface area (Å²) in [6, 6.07) is 0. The number of aliphatic carboxylic acids is 1. The van der Waals surface area contributed by atoms with Crippen LogP contribution in [0.3, 0.4) is 0 Å². The topological polar surface area (TPSA) is 67.5 Å². The van der Waals surface area contributed by atoms with Crippen molar-refractivity contribution in [3.63, 3.8) is 0 Å². The summed E-state index contributed by atoms with van der Waals surface area (Å²) in [7, 11) is 0. The zero-order valence-electron chi connectivity index (χ0n) is 9.21. The molecule has 5 heteroatoms. The molecule has 1 unspecified atom stereocenters. The van der Waals surface area contributed by atoms with Crippen LogP contribution in [0.1, 0.15) is 30.7 Å². The fourth-order valence-electron chi connectivity index (χ4n) is 1.77. The van der Waals surface area contributed by atoms with E-state index in [1.54, 1.807) is 6.20 Å². The number of fused-ring (bicyclic) bond motifs is 1. The first-order chi connectivity index (χ1) is 7.58. The average molecular weight is 219 g/mol. The van der Waals surface area contributed by atoms with Crippen molar-refractivity contribution < 1.29 is 9.90 Å². The third-order valence-electron chi connectivity index (χ3n) is 2.47. The molecule has 0 fully saturated rings. The van der Waals surface area contributed by atoms with Gasteiger partial charge in [-0.15, -0.1) is 0 Å². The Kier molecular flexibility index (Phi) is 2.60. The van der Waals surface area contributed by atoms with Gasteiger partial charge in [0.15, 0.2) is 5.65 Å². The first kappa shape index (κ1) is 10.6. The summed E-state index contributed by atoms with van der Waals surface area (Å²) >= 11 is 0. The molecule has 0 spiro atoms. The molecule has 0 radical (unpaired) electrons. The molecule has 84 valence electrons. The van der Waals surface area contributed by atoms with Gasteiger partial charge in [0.1, 0.15) is 0 Å². The number of carboxylic acids is 1. The summed E-state index contributed by atoms with van der Waals surface area (Å²) in [6.45, 7) is 3.75. The number of hydrogen-bond donors (Lipinski definition) is 1. The monoisotopic (exact) mass is 219 g/mol. The van der Waals surface area contributed by atoms with Crippen LogP contribution >= 0.6 is 0 Å². The molecule has 0 bridgehead atoms. The van der Waals surface area contributed by atoms with E-state index in [0.29, 0.717) is 0 Å². The number of aryl methyl sites for hydroxylation is 1. The average Bonchev–Trinajstić information content (AvgIpc) is 2.55. The van der Waals surface area contributed by atoms with Gasteiger partial charge in [-0.2, -0.15) is 0 Å². The molecular weight excluding hydrogens is 206 g/mol. The van der Waals surface area contributed by atoms with E-state index in [4.69, 9.17) is 5.11 Å². The van der Waals surface area contributed by atoms with Crippen LogP contribution in [-0.4, -0.2) is 25.4 Å². The Hall–Kier alpha value is -1.91. The van der Waals surface area contributed by atoms with E-state index < -0.39 is 5.97 Å². The third kappa shape index (κ3) is 1.88. The highest BCUT2D eigenvalue weighted by atomic mass is 16.4. The zero-order chi connectivity index (χ0) is 11.7. The largest absolute Gasteiger partial charge is 0.481 e. The molecule has 5 nitrogen and oxygen atoms in total. The van der Waals surface area contributed by atoms with Crippen molar-refractivity contribution in [2.45, 2.75) is 26.2 Å². The number of hydrogen-bond acceptors (Lipinski definition) is 3. The minimum Gasteiger partial charge on any atom is -0.481 e. The maximum absolute atomic E-state index is 10.7. The normalized spacial score (nSPS) is 12.9. The van der Waals surface area contributed by atoms with Crippen LogP contribution < -0.4 is 0 Å². The second kappa shape index (κ2) is 3.92. The van der Waals surface area contributed by atoms with Gasteiger partial charge in [-0.25, -0.2) is 4.98 Å². The first-order valence-corrected chi connectivity index (χ1v) is 5.10. The van der Waals surface area contributed by atoms with Gasteiger partial charge in [0, 0.05) is 24.5 Å². The highest BCUT2D eigenvalue weighted by molar-refractivity contribution is 5.68. The summed E-state index contributed by atoms with van der Waals surface area (Å²) in [5.74, 6) is -0.956. The molecule has 2 aromatic heterocycles. The maximum atomic E-state index is 10.7. The standard InChI is InChI=1S/C11H13N3O2/c1-7(5-9(15)16)10-11-13-8(2)6-14(11)4-3-12-10/h3-4,6-7H,5H2,1-2H3,(H,15,16). The second-order valence-electron chi connectivity index (χ2n) is 3.92. The Morgan fingerprint density at radius 3 is 3.06 bits per heavy atom. The number of rotatable bonds is 3. The highest BCUT2D eigenvalue weighted by Crippen LogP contribution is 2.20. The predicted octanol–water partition coefficient (Wildman–Crippen LogP) is 1.62. The van der Waals surface area contributed by atoms with Crippen molar-refractivity contribution in [2.24, 2.45) is 0 Å². The summed E-state index contributed by atoms with van der Waals surface area (Å²) in [6.07, 6.45) is 5.45. The lowest BCUT2D eigenvalue weighted by Crippen LogP contribution is -2.06. The molecule has 0 saturated carbocycles. The van der Waals surface area contributed by atoms with Crippen LogP contribution in [0.4, 0.5) is 0 Å². The van der Waals surface area contributed by atoms with Crippen molar-refractivity contribution in [2.75, 3.05) is 0 Å². The molecule has 16 heavy (non-hydrogen) atoms.